The van der Waals surface area contributed by atoms with Crippen LogP contribution in [0, 0.1) is 5.82 Å². The third kappa shape index (κ3) is 1.80. The van der Waals surface area contributed by atoms with Crippen LogP contribution in [0.5, 0.6) is 0 Å². The van der Waals surface area contributed by atoms with Gasteiger partial charge >= 0.3 is 0 Å². The highest BCUT2D eigenvalue weighted by Crippen LogP contribution is 2.52. The van der Waals surface area contributed by atoms with Crippen molar-refractivity contribution in [1.82, 2.24) is 0 Å². The fourth-order valence-corrected chi connectivity index (χ4v) is 2.35. The molecule has 2 rings (SSSR count). The van der Waals surface area contributed by atoms with Gasteiger partial charge in [-0.1, -0.05) is 17.7 Å². The predicted molar refractivity (Wildman–Crippen MR) is 56.3 cm³/mol. The summed E-state index contributed by atoms with van der Waals surface area (Å²) in [6.45, 7) is 0.0870. The highest BCUT2D eigenvalue weighted by molar-refractivity contribution is 6.30. The zero-order valence-electron chi connectivity index (χ0n) is 8.44. The van der Waals surface area contributed by atoms with E-state index >= 15 is 0 Å². The van der Waals surface area contributed by atoms with E-state index < -0.39 is 17.2 Å². The molecule has 0 amide bonds. The predicted octanol–water partition coefficient (Wildman–Crippen LogP) is 3.10. The second kappa shape index (κ2) is 3.64. The molecular formula is C11H11ClF3N. The molecule has 0 unspecified atom stereocenters. The van der Waals surface area contributed by atoms with Gasteiger partial charge in [0.25, 0.3) is 0 Å². The van der Waals surface area contributed by atoms with Gasteiger partial charge < -0.3 is 5.73 Å². The van der Waals surface area contributed by atoms with Gasteiger partial charge in [0.15, 0.2) is 0 Å². The Bertz CT molecular complexity index is 412. The van der Waals surface area contributed by atoms with Crippen molar-refractivity contribution in [3.05, 3.63) is 34.6 Å². The molecule has 0 heterocycles. The average Bonchev–Trinajstić information content (AvgIpc) is 2.18. The Hall–Kier alpha value is -0.740. The second-order valence-corrected chi connectivity index (χ2v) is 4.73. The average molecular weight is 250 g/mol. The lowest BCUT2D eigenvalue weighted by Crippen LogP contribution is -2.53. The monoisotopic (exact) mass is 249 g/mol. The third-order valence-electron chi connectivity index (χ3n) is 3.12. The number of hydrogen-bond donors (Lipinski definition) is 1. The van der Waals surface area contributed by atoms with Gasteiger partial charge in [0, 0.05) is 24.8 Å². The summed E-state index contributed by atoms with van der Waals surface area (Å²) in [5, 5.41) is -0.0120. The Balaban J connectivity index is 2.32. The Labute approximate surface area is 96.4 Å². The summed E-state index contributed by atoms with van der Waals surface area (Å²) in [7, 11) is 0. The van der Waals surface area contributed by atoms with Crippen LogP contribution >= 0.6 is 11.6 Å². The molecule has 88 valence electrons. The van der Waals surface area contributed by atoms with Crippen LogP contribution in [0.2, 0.25) is 5.02 Å². The van der Waals surface area contributed by atoms with Crippen molar-refractivity contribution in [2.24, 2.45) is 5.73 Å². The van der Waals surface area contributed by atoms with Crippen LogP contribution < -0.4 is 5.73 Å². The van der Waals surface area contributed by atoms with Crippen LogP contribution in [0.4, 0.5) is 13.2 Å². The zero-order chi connectivity index (χ0) is 12.0. The summed E-state index contributed by atoms with van der Waals surface area (Å²) in [4.78, 5) is 0. The Morgan fingerprint density at radius 3 is 2.38 bits per heavy atom. The molecule has 1 nitrogen and oxygen atoms in total. The van der Waals surface area contributed by atoms with E-state index in [9.17, 15) is 13.2 Å². The van der Waals surface area contributed by atoms with Crippen molar-refractivity contribution in [2.75, 3.05) is 6.54 Å². The fraction of sp³-hybridized carbons (Fsp3) is 0.455. The molecule has 1 saturated carbocycles. The van der Waals surface area contributed by atoms with Crippen molar-refractivity contribution < 1.29 is 13.2 Å². The summed E-state index contributed by atoms with van der Waals surface area (Å²) in [6.07, 6.45) is -0.644. The van der Waals surface area contributed by atoms with Crippen LogP contribution in [-0.2, 0) is 5.41 Å². The molecule has 1 aromatic carbocycles. The van der Waals surface area contributed by atoms with Gasteiger partial charge in [0.05, 0.1) is 5.02 Å². The van der Waals surface area contributed by atoms with E-state index in [1.165, 1.54) is 12.1 Å². The van der Waals surface area contributed by atoms with E-state index in [1.54, 1.807) is 6.07 Å². The van der Waals surface area contributed by atoms with Gasteiger partial charge in [-0.15, -0.1) is 0 Å². The maximum atomic E-state index is 13.2. The van der Waals surface area contributed by atoms with Crippen molar-refractivity contribution >= 4 is 11.6 Å². The Morgan fingerprint density at radius 2 is 1.94 bits per heavy atom. The Morgan fingerprint density at radius 1 is 1.31 bits per heavy atom. The first kappa shape index (κ1) is 11.7. The molecule has 1 aliphatic carbocycles. The van der Waals surface area contributed by atoms with Crippen molar-refractivity contribution in [1.29, 1.82) is 0 Å². The van der Waals surface area contributed by atoms with Gasteiger partial charge in [-0.05, 0) is 17.7 Å². The number of alkyl halides is 2. The van der Waals surface area contributed by atoms with Gasteiger partial charge in [-0.25, -0.2) is 13.2 Å². The highest BCUT2D eigenvalue weighted by atomic mass is 35.5. The lowest BCUT2D eigenvalue weighted by molar-refractivity contribution is -0.123. The van der Waals surface area contributed by atoms with Gasteiger partial charge in [-0.3, -0.25) is 0 Å². The maximum Gasteiger partial charge on any atom is 0.250 e. The fourth-order valence-electron chi connectivity index (χ4n) is 2.23. The minimum atomic E-state index is -2.69. The number of benzene rings is 1. The summed E-state index contributed by atoms with van der Waals surface area (Å²) in [5.41, 5.74) is 5.23. The van der Waals surface area contributed by atoms with Crippen molar-refractivity contribution in [2.45, 2.75) is 24.2 Å². The van der Waals surface area contributed by atoms with Crippen LogP contribution in [0.25, 0.3) is 0 Å². The number of hydrogen-bond acceptors (Lipinski definition) is 1. The minimum absolute atomic E-state index is 0.0120. The molecule has 0 radical (unpaired) electrons. The summed E-state index contributed by atoms with van der Waals surface area (Å²) in [6, 6.07) is 4.14. The second-order valence-electron chi connectivity index (χ2n) is 4.32. The van der Waals surface area contributed by atoms with Crippen LogP contribution in [0.3, 0.4) is 0 Å². The van der Waals surface area contributed by atoms with Gasteiger partial charge in [0.2, 0.25) is 5.92 Å². The molecule has 0 atom stereocenters. The molecule has 1 fully saturated rings. The zero-order valence-corrected chi connectivity index (χ0v) is 9.20. The van der Waals surface area contributed by atoms with Crippen LogP contribution in [0.15, 0.2) is 18.2 Å². The summed E-state index contributed by atoms with van der Waals surface area (Å²) >= 11 is 5.54. The molecule has 0 aliphatic heterocycles. The van der Waals surface area contributed by atoms with Gasteiger partial charge in [0.1, 0.15) is 5.82 Å². The molecule has 0 spiro atoms. The normalized spacial score (nSPS) is 21.6. The van der Waals surface area contributed by atoms with E-state index in [0.29, 0.717) is 5.56 Å². The summed E-state index contributed by atoms with van der Waals surface area (Å²) < 4.78 is 39.1. The van der Waals surface area contributed by atoms with Crippen LogP contribution in [0.1, 0.15) is 18.4 Å². The molecule has 0 bridgehead atoms. The van der Waals surface area contributed by atoms with E-state index in [1.807, 2.05) is 0 Å². The van der Waals surface area contributed by atoms with Gasteiger partial charge in [-0.2, -0.15) is 0 Å². The van der Waals surface area contributed by atoms with Crippen LogP contribution in [-0.4, -0.2) is 12.5 Å². The van der Waals surface area contributed by atoms with E-state index in [0.717, 1.165) is 0 Å². The molecule has 0 saturated heterocycles. The van der Waals surface area contributed by atoms with E-state index in [-0.39, 0.29) is 24.4 Å². The first-order valence-electron chi connectivity index (χ1n) is 4.92. The summed E-state index contributed by atoms with van der Waals surface area (Å²) in [5.74, 6) is -3.28. The SMILES string of the molecule is NCC1(c2ccc(Cl)c(F)c2)CC(F)(F)C1. The first-order chi connectivity index (χ1) is 7.38. The number of nitrogens with two attached hydrogens (primary N) is 1. The topological polar surface area (TPSA) is 26.0 Å². The molecule has 0 aromatic heterocycles. The molecular weight excluding hydrogens is 239 g/mol. The van der Waals surface area contributed by atoms with E-state index in [2.05, 4.69) is 0 Å². The molecule has 16 heavy (non-hydrogen) atoms. The standard InChI is InChI=1S/C11H11ClF3N/c12-8-2-1-7(3-9(8)13)10(6-16)4-11(14,15)5-10/h1-3H,4-6,16H2. The third-order valence-corrected chi connectivity index (χ3v) is 3.42. The molecule has 2 N–H and O–H groups in total. The number of rotatable bonds is 2. The molecule has 1 aromatic rings. The Kier molecular flexibility index (Phi) is 2.67. The largest absolute Gasteiger partial charge is 0.330 e. The quantitative estimate of drug-likeness (QED) is 0.856. The lowest BCUT2D eigenvalue weighted by atomic mass is 9.62. The molecule has 5 heteroatoms. The van der Waals surface area contributed by atoms with Crippen molar-refractivity contribution in [3.63, 3.8) is 0 Å². The number of halogens is 4. The maximum absolute atomic E-state index is 13.2. The minimum Gasteiger partial charge on any atom is -0.330 e. The highest BCUT2D eigenvalue weighted by Gasteiger charge is 2.56. The molecule has 1 aliphatic rings. The smallest absolute Gasteiger partial charge is 0.250 e. The van der Waals surface area contributed by atoms with Crippen molar-refractivity contribution in [3.8, 4) is 0 Å². The lowest BCUT2D eigenvalue weighted by Gasteiger charge is -2.47. The first-order valence-corrected chi connectivity index (χ1v) is 5.30. The van der Waals surface area contributed by atoms with E-state index in [4.69, 9.17) is 17.3 Å².